The topological polar surface area (TPSA) is 129 Å². The number of aromatic amines is 1. The van der Waals surface area contributed by atoms with E-state index in [1.54, 1.807) is 6.20 Å². The van der Waals surface area contributed by atoms with Crippen molar-refractivity contribution in [3.63, 3.8) is 0 Å². The Bertz CT molecular complexity index is 1220. The van der Waals surface area contributed by atoms with Crippen LogP contribution in [0.15, 0.2) is 60.1 Å². The van der Waals surface area contributed by atoms with Crippen LogP contribution in [0.2, 0.25) is 0 Å². The predicted molar refractivity (Wildman–Crippen MR) is 147 cm³/mol. The number of amides is 2. The van der Waals surface area contributed by atoms with Gasteiger partial charge < -0.3 is 20.1 Å². The molecule has 3 rings (SSSR count). The number of ether oxygens (including phenoxy) is 1. The molecule has 1 atom stereocenters. The maximum atomic E-state index is 13.0. The molecule has 4 N–H and O–H groups in total. The first-order valence-electron chi connectivity index (χ1n) is 12.5. The first-order chi connectivity index (χ1) is 17.8. The summed E-state index contributed by atoms with van der Waals surface area (Å²) in [7, 11) is 0. The number of aromatic hydroxyl groups is 1. The molecule has 0 unspecified atom stereocenters. The summed E-state index contributed by atoms with van der Waals surface area (Å²) < 4.78 is 5.28. The fourth-order valence-electron chi connectivity index (χ4n) is 3.86. The minimum atomic E-state index is -0.953. The van der Waals surface area contributed by atoms with E-state index in [1.165, 1.54) is 12.5 Å². The average molecular weight is 520 g/mol. The molecule has 38 heavy (non-hydrogen) atoms. The van der Waals surface area contributed by atoms with Gasteiger partial charge in [-0.1, -0.05) is 71.9 Å². The standard InChI is InChI=1S/C29H37N5O4/c1-28(2,3)22-12-20(13-23(25(22)35)29(4,5)6)15-32-34-26(36)24(14-21-16-30-18-31-21)33-27(37)38-17-19-10-8-7-9-11-19/h7-13,15-16,18,24,35H,14,17H2,1-6H3,(H,30,31)(H,33,37)(H,34,36)/b32-15-/t24-/m0/s1. The number of benzene rings is 2. The number of carbonyl (C=O) groups is 2. The van der Waals surface area contributed by atoms with Crippen LogP contribution in [0.25, 0.3) is 0 Å². The van der Waals surface area contributed by atoms with Gasteiger partial charge in [-0.2, -0.15) is 5.10 Å². The number of alkyl carbamates (subject to hydrolysis) is 1. The molecular formula is C29H37N5O4. The van der Waals surface area contributed by atoms with Gasteiger partial charge in [-0.05, 0) is 34.1 Å². The molecule has 2 aromatic carbocycles. The van der Waals surface area contributed by atoms with Gasteiger partial charge in [0.1, 0.15) is 18.4 Å². The van der Waals surface area contributed by atoms with Crippen molar-refractivity contribution in [2.45, 2.75) is 71.4 Å². The second-order valence-electron chi connectivity index (χ2n) is 11.2. The zero-order valence-electron chi connectivity index (χ0n) is 22.8. The lowest BCUT2D eigenvalue weighted by molar-refractivity contribution is -0.123. The molecule has 3 aromatic rings. The van der Waals surface area contributed by atoms with Crippen molar-refractivity contribution in [3.05, 3.63) is 82.9 Å². The van der Waals surface area contributed by atoms with Gasteiger partial charge >= 0.3 is 6.09 Å². The highest BCUT2D eigenvalue weighted by molar-refractivity contribution is 5.88. The summed E-state index contributed by atoms with van der Waals surface area (Å²) >= 11 is 0. The molecular weight excluding hydrogens is 482 g/mol. The molecule has 0 bridgehead atoms. The molecule has 9 heteroatoms. The second kappa shape index (κ2) is 11.9. The summed E-state index contributed by atoms with van der Waals surface area (Å²) in [5, 5.41) is 17.7. The first-order valence-corrected chi connectivity index (χ1v) is 12.5. The summed E-state index contributed by atoms with van der Waals surface area (Å²) in [4.78, 5) is 32.4. The summed E-state index contributed by atoms with van der Waals surface area (Å²) in [5.74, 6) is -0.248. The molecule has 0 radical (unpaired) electrons. The number of hydrogen-bond donors (Lipinski definition) is 4. The van der Waals surface area contributed by atoms with Crippen molar-refractivity contribution in [1.29, 1.82) is 0 Å². The number of H-pyrrole nitrogens is 1. The van der Waals surface area contributed by atoms with Gasteiger partial charge in [-0.3, -0.25) is 4.79 Å². The van der Waals surface area contributed by atoms with Crippen molar-refractivity contribution >= 4 is 18.2 Å². The normalized spacial score (nSPS) is 12.8. The molecule has 0 saturated heterocycles. The van der Waals surface area contributed by atoms with Crippen molar-refractivity contribution in [3.8, 4) is 5.75 Å². The third kappa shape index (κ3) is 7.93. The molecule has 0 aliphatic rings. The Balaban J connectivity index is 1.74. The molecule has 1 heterocycles. The minimum Gasteiger partial charge on any atom is -0.507 e. The number of carbonyl (C=O) groups excluding carboxylic acids is 2. The summed E-state index contributed by atoms with van der Waals surface area (Å²) in [6, 6.07) is 12.0. The lowest BCUT2D eigenvalue weighted by atomic mass is 9.78. The van der Waals surface area contributed by atoms with Crippen LogP contribution in [0.5, 0.6) is 5.75 Å². The van der Waals surface area contributed by atoms with Crippen molar-refractivity contribution in [2.24, 2.45) is 5.10 Å². The first kappa shape index (κ1) is 28.4. The number of nitrogens with one attached hydrogen (secondary N) is 3. The van der Waals surface area contributed by atoms with Gasteiger partial charge in [0, 0.05) is 29.4 Å². The van der Waals surface area contributed by atoms with Crippen LogP contribution >= 0.6 is 0 Å². The number of phenols is 1. The fourth-order valence-corrected chi connectivity index (χ4v) is 3.86. The Labute approximate surface area is 223 Å². The van der Waals surface area contributed by atoms with Gasteiger partial charge in [0.15, 0.2) is 0 Å². The SMILES string of the molecule is CC(C)(C)c1cc(/C=N\NC(=O)[C@H](Cc2cnc[nH]2)NC(=O)OCc2ccccc2)cc(C(C)(C)C)c1O. The van der Waals surface area contributed by atoms with E-state index in [0.29, 0.717) is 5.69 Å². The molecule has 9 nitrogen and oxygen atoms in total. The summed E-state index contributed by atoms with van der Waals surface area (Å²) in [5.41, 5.74) is 5.74. The van der Waals surface area contributed by atoms with Crippen LogP contribution in [0.3, 0.4) is 0 Å². The number of rotatable bonds is 8. The molecule has 0 saturated carbocycles. The van der Waals surface area contributed by atoms with Crippen LogP contribution in [0.1, 0.15) is 69.5 Å². The number of nitrogens with zero attached hydrogens (tertiary/aromatic N) is 2. The third-order valence-electron chi connectivity index (χ3n) is 5.94. The smallest absolute Gasteiger partial charge is 0.408 e. The van der Waals surface area contributed by atoms with Gasteiger partial charge in [0.2, 0.25) is 0 Å². The highest BCUT2D eigenvalue weighted by atomic mass is 16.5. The molecule has 0 aliphatic heterocycles. The Kier molecular flexibility index (Phi) is 8.93. The van der Waals surface area contributed by atoms with Crippen LogP contribution in [0, 0.1) is 0 Å². The Morgan fingerprint density at radius 2 is 1.71 bits per heavy atom. The molecule has 0 aliphatic carbocycles. The Morgan fingerprint density at radius 1 is 1.08 bits per heavy atom. The van der Waals surface area contributed by atoms with E-state index in [-0.39, 0.29) is 29.6 Å². The maximum absolute atomic E-state index is 13.0. The van der Waals surface area contributed by atoms with E-state index in [2.05, 4.69) is 25.8 Å². The van der Waals surface area contributed by atoms with Crippen LogP contribution in [-0.2, 0) is 33.4 Å². The highest BCUT2D eigenvalue weighted by Crippen LogP contribution is 2.39. The number of phenolic OH excluding ortho intramolecular Hbond substituents is 1. The van der Waals surface area contributed by atoms with Crippen LogP contribution < -0.4 is 10.7 Å². The Hall–Kier alpha value is -4.14. The average Bonchev–Trinajstić information content (AvgIpc) is 3.35. The van der Waals surface area contributed by atoms with E-state index in [4.69, 9.17) is 4.74 Å². The quantitative estimate of drug-likeness (QED) is 0.253. The zero-order valence-corrected chi connectivity index (χ0v) is 22.8. The molecule has 202 valence electrons. The maximum Gasteiger partial charge on any atom is 0.408 e. The van der Waals surface area contributed by atoms with Crippen molar-refractivity contribution in [1.82, 2.24) is 20.7 Å². The number of hydrazone groups is 1. The molecule has 1 aromatic heterocycles. The van der Waals surface area contributed by atoms with Crippen LogP contribution in [0.4, 0.5) is 4.79 Å². The van der Waals surface area contributed by atoms with E-state index < -0.39 is 18.0 Å². The largest absolute Gasteiger partial charge is 0.507 e. The van der Waals surface area contributed by atoms with Crippen LogP contribution in [-0.4, -0.2) is 39.3 Å². The fraction of sp³-hybridized carbons (Fsp3) is 0.379. The van der Waals surface area contributed by atoms with E-state index in [0.717, 1.165) is 22.3 Å². The predicted octanol–water partition coefficient (Wildman–Crippen LogP) is 4.70. The molecule has 2 amide bonds. The molecule has 0 fully saturated rings. The number of imidazole rings is 1. The van der Waals surface area contributed by atoms with E-state index in [9.17, 15) is 14.7 Å². The lowest BCUT2D eigenvalue weighted by Gasteiger charge is -2.27. The minimum absolute atomic E-state index is 0.0797. The number of aromatic nitrogens is 2. The van der Waals surface area contributed by atoms with Crippen molar-refractivity contribution in [2.75, 3.05) is 0 Å². The Morgan fingerprint density at radius 3 is 2.26 bits per heavy atom. The van der Waals surface area contributed by atoms with Gasteiger partial charge in [0.25, 0.3) is 5.91 Å². The zero-order chi connectivity index (χ0) is 27.9. The molecule has 0 spiro atoms. The number of hydrogen-bond acceptors (Lipinski definition) is 6. The van der Waals surface area contributed by atoms with Gasteiger partial charge in [-0.25, -0.2) is 15.2 Å². The monoisotopic (exact) mass is 519 g/mol. The third-order valence-corrected chi connectivity index (χ3v) is 5.94. The second-order valence-corrected chi connectivity index (χ2v) is 11.2. The lowest BCUT2D eigenvalue weighted by Crippen LogP contribution is -2.47. The summed E-state index contributed by atoms with van der Waals surface area (Å²) in [6.45, 7) is 12.2. The van der Waals surface area contributed by atoms with Crippen molar-refractivity contribution < 1.29 is 19.4 Å². The van der Waals surface area contributed by atoms with E-state index in [1.807, 2.05) is 84.0 Å². The van der Waals surface area contributed by atoms with Gasteiger partial charge in [0.05, 0.1) is 12.5 Å². The highest BCUT2D eigenvalue weighted by Gasteiger charge is 2.26. The van der Waals surface area contributed by atoms with E-state index >= 15 is 0 Å². The summed E-state index contributed by atoms with van der Waals surface area (Å²) in [6.07, 6.45) is 4.06. The van der Waals surface area contributed by atoms with Gasteiger partial charge in [-0.15, -0.1) is 0 Å².